The van der Waals surface area contributed by atoms with Crippen LogP contribution in [0, 0.1) is 6.92 Å². The second kappa shape index (κ2) is 9.73. The summed E-state index contributed by atoms with van der Waals surface area (Å²) in [5, 5.41) is 5.76. The molecule has 3 aromatic rings. The number of fused-ring (bicyclic) bond motifs is 1. The van der Waals surface area contributed by atoms with E-state index in [2.05, 4.69) is 15.6 Å². The fourth-order valence-electron chi connectivity index (χ4n) is 3.32. The molecule has 9 nitrogen and oxygen atoms in total. The average Bonchev–Trinajstić information content (AvgIpc) is 3.09. The predicted molar refractivity (Wildman–Crippen MR) is 123 cm³/mol. The average molecular weight is 457 g/mol. The first kappa shape index (κ1) is 23.1. The van der Waals surface area contributed by atoms with E-state index in [1.54, 1.807) is 45.0 Å². The Morgan fingerprint density at radius 1 is 1.12 bits per heavy atom. The van der Waals surface area contributed by atoms with Gasteiger partial charge in [0, 0.05) is 18.3 Å². The number of nitrogens with one attached hydrogen (secondary N) is 2. The fourth-order valence-corrected chi connectivity index (χ4v) is 4.36. The molecule has 0 bridgehead atoms. The van der Waals surface area contributed by atoms with Gasteiger partial charge in [0.15, 0.2) is 0 Å². The Hall–Kier alpha value is -3.53. The van der Waals surface area contributed by atoms with Crippen LogP contribution in [-0.4, -0.2) is 33.9 Å². The number of ether oxygens (including phenoxy) is 1. The summed E-state index contributed by atoms with van der Waals surface area (Å²) in [5.41, 5.74) is 1.25. The number of rotatable bonds is 7. The maximum absolute atomic E-state index is 13.2. The van der Waals surface area contributed by atoms with Crippen LogP contribution in [-0.2, 0) is 14.3 Å². The lowest BCUT2D eigenvalue weighted by Crippen LogP contribution is -2.33. The molecule has 2 N–H and O–H groups in total. The van der Waals surface area contributed by atoms with Gasteiger partial charge >= 0.3 is 5.97 Å². The molecule has 3 rings (SSSR count). The number of aryl methyl sites for hydroxylation is 1. The van der Waals surface area contributed by atoms with Gasteiger partial charge < -0.3 is 15.4 Å². The Morgan fingerprint density at radius 2 is 1.75 bits per heavy atom. The molecule has 0 aliphatic heterocycles. The van der Waals surface area contributed by atoms with Gasteiger partial charge in [-0.25, -0.2) is 9.78 Å². The van der Waals surface area contributed by atoms with E-state index in [0.717, 1.165) is 11.3 Å². The second-order valence-corrected chi connectivity index (χ2v) is 8.08. The minimum Gasteiger partial charge on any atom is -0.462 e. The summed E-state index contributed by atoms with van der Waals surface area (Å²) in [4.78, 5) is 54.5. The molecular formula is C22H24N4O5S. The van der Waals surface area contributed by atoms with Crippen LogP contribution < -0.4 is 16.2 Å². The lowest BCUT2D eigenvalue weighted by molar-refractivity contribution is -0.119. The van der Waals surface area contributed by atoms with Gasteiger partial charge in [-0.15, -0.1) is 11.3 Å². The number of hydrogen-bond acceptors (Lipinski definition) is 7. The number of aromatic nitrogens is 2. The molecule has 1 atom stereocenters. The van der Waals surface area contributed by atoms with Crippen molar-refractivity contribution in [1.29, 1.82) is 0 Å². The summed E-state index contributed by atoms with van der Waals surface area (Å²) in [5.74, 6) is -1.06. The summed E-state index contributed by atoms with van der Waals surface area (Å²) >= 11 is 1.10. The van der Waals surface area contributed by atoms with E-state index in [9.17, 15) is 19.2 Å². The molecule has 0 aliphatic carbocycles. The molecule has 1 aromatic carbocycles. The zero-order chi connectivity index (χ0) is 23.4. The van der Waals surface area contributed by atoms with E-state index in [-0.39, 0.29) is 24.0 Å². The minimum atomic E-state index is -0.792. The largest absolute Gasteiger partial charge is 0.462 e. The summed E-state index contributed by atoms with van der Waals surface area (Å²) in [6.07, 6.45) is 1.69. The third-order valence-corrected chi connectivity index (χ3v) is 6.01. The van der Waals surface area contributed by atoms with Crippen LogP contribution in [0.1, 0.15) is 48.5 Å². The Labute approximate surface area is 188 Å². The highest BCUT2D eigenvalue weighted by molar-refractivity contribution is 7.20. The number of hydrogen-bond donors (Lipinski definition) is 2. The van der Waals surface area contributed by atoms with Crippen LogP contribution in [0.25, 0.3) is 10.2 Å². The highest BCUT2D eigenvalue weighted by atomic mass is 32.1. The minimum absolute atomic E-state index is 0.190. The van der Waals surface area contributed by atoms with Gasteiger partial charge in [0.05, 0.1) is 18.3 Å². The van der Waals surface area contributed by atoms with Crippen molar-refractivity contribution >= 4 is 50.7 Å². The number of anilines is 2. The summed E-state index contributed by atoms with van der Waals surface area (Å²) in [7, 11) is 0. The zero-order valence-electron chi connectivity index (χ0n) is 18.2. The molecule has 2 aromatic heterocycles. The van der Waals surface area contributed by atoms with E-state index in [4.69, 9.17) is 4.74 Å². The second-order valence-electron chi connectivity index (χ2n) is 7.09. The Morgan fingerprint density at radius 3 is 2.31 bits per heavy atom. The monoisotopic (exact) mass is 456 g/mol. The van der Waals surface area contributed by atoms with Crippen molar-refractivity contribution in [2.24, 2.45) is 0 Å². The van der Waals surface area contributed by atoms with E-state index in [0.29, 0.717) is 38.5 Å². The van der Waals surface area contributed by atoms with Gasteiger partial charge in [-0.1, -0.05) is 6.92 Å². The third kappa shape index (κ3) is 4.70. The van der Waals surface area contributed by atoms with Gasteiger partial charge in [0.2, 0.25) is 11.8 Å². The first-order valence-electron chi connectivity index (χ1n) is 10.1. The molecule has 0 saturated heterocycles. The van der Waals surface area contributed by atoms with Gasteiger partial charge in [0.1, 0.15) is 15.7 Å². The molecule has 0 spiro atoms. The third-order valence-electron chi connectivity index (χ3n) is 4.83. The topological polar surface area (TPSA) is 119 Å². The molecule has 0 saturated carbocycles. The Bertz CT molecular complexity index is 1230. The van der Waals surface area contributed by atoms with Crippen molar-refractivity contribution in [3.05, 3.63) is 51.4 Å². The van der Waals surface area contributed by atoms with Crippen molar-refractivity contribution < 1.29 is 19.1 Å². The molecule has 168 valence electrons. The molecular weight excluding hydrogens is 432 g/mol. The fraction of sp³-hybridized carbons (Fsp3) is 0.318. The number of esters is 1. The predicted octanol–water partition coefficient (Wildman–Crippen LogP) is 3.49. The van der Waals surface area contributed by atoms with Crippen LogP contribution in [0.15, 0.2) is 35.4 Å². The molecule has 0 radical (unpaired) electrons. The van der Waals surface area contributed by atoms with Crippen molar-refractivity contribution in [2.75, 3.05) is 17.2 Å². The van der Waals surface area contributed by atoms with Crippen molar-refractivity contribution in [1.82, 2.24) is 9.55 Å². The molecule has 2 heterocycles. The van der Waals surface area contributed by atoms with Gasteiger partial charge in [-0.05, 0) is 50.1 Å². The van der Waals surface area contributed by atoms with E-state index >= 15 is 0 Å². The highest BCUT2D eigenvalue weighted by Crippen LogP contribution is 2.28. The van der Waals surface area contributed by atoms with Crippen LogP contribution in [0.4, 0.5) is 11.4 Å². The van der Waals surface area contributed by atoms with Gasteiger partial charge in [-0.3, -0.25) is 19.0 Å². The number of carbonyl (C=O) groups is 3. The molecule has 0 aliphatic rings. The van der Waals surface area contributed by atoms with Crippen LogP contribution in [0.5, 0.6) is 0 Å². The van der Waals surface area contributed by atoms with Gasteiger partial charge in [-0.2, -0.15) is 0 Å². The lowest BCUT2D eigenvalue weighted by Gasteiger charge is -2.18. The smallest absolute Gasteiger partial charge is 0.348 e. The maximum atomic E-state index is 13.2. The number of nitrogens with zero attached hydrogens (tertiary/aromatic N) is 2. The summed E-state index contributed by atoms with van der Waals surface area (Å²) in [6.45, 7) is 6.83. The zero-order valence-corrected chi connectivity index (χ0v) is 19.0. The molecule has 2 amide bonds. The number of amides is 2. The molecule has 1 unspecified atom stereocenters. The van der Waals surface area contributed by atoms with Crippen LogP contribution in [0.3, 0.4) is 0 Å². The Balaban J connectivity index is 1.90. The number of benzene rings is 1. The Kier molecular flexibility index (Phi) is 7.04. The van der Waals surface area contributed by atoms with Crippen molar-refractivity contribution in [3.8, 4) is 0 Å². The maximum Gasteiger partial charge on any atom is 0.348 e. The van der Waals surface area contributed by atoms with Crippen molar-refractivity contribution in [2.45, 2.75) is 40.2 Å². The quantitative estimate of drug-likeness (QED) is 0.525. The number of carbonyl (C=O) groups excluding carboxylic acids is 3. The van der Waals surface area contributed by atoms with E-state index in [1.165, 1.54) is 17.8 Å². The molecule has 10 heteroatoms. The summed E-state index contributed by atoms with van der Waals surface area (Å²) in [6, 6.07) is 5.87. The normalized spacial score (nSPS) is 11.8. The van der Waals surface area contributed by atoms with Crippen LogP contribution in [0.2, 0.25) is 0 Å². The highest BCUT2D eigenvalue weighted by Gasteiger charge is 2.25. The van der Waals surface area contributed by atoms with Crippen molar-refractivity contribution in [3.63, 3.8) is 0 Å². The lowest BCUT2D eigenvalue weighted by atomic mass is 10.1. The standard InChI is InChI=1S/C22H24N4O5S/c1-5-16(19(28)25-15-9-7-14(8-10-15)24-13(4)27)26-11-23-20-17(21(26)29)12(3)18(32-20)22(30)31-6-2/h7-11,16H,5-6H2,1-4H3,(H,24,27)(H,25,28). The summed E-state index contributed by atoms with van der Waals surface area (Å²) < 4.78 is 6.35. The van der Waals surface area contributed by atoms with E-state index < -0.39 is 12.0 Å². The number of thiophene rings is 1. The van der Waals surface area contributed by atoms with Gasteiger partial charge in [0.25, 0.3) is 5.56 Å². The van der Waals surface area contributed by atoms with E-state index in [1.807, 2.05) is 0 Å². The van der Waals surface area contributed by atoms with Crippen LogP contribution >= 0.6 is 11.3 Å². The molecule has 0 fully saturated rings. The SMILES string of the molecule is CCOC(=O)c1sc2ncn(C(CC)C(=O)Nc3ccc(NC(C)=O)cc3)c(=O)c2c1C. The first-order chi connectivity index (χ1) is 15.3. The first-order valence-corrected chi connectivity index (χ1v) is 10.9. The molecule has 32 heavy (non-hydrogen) atoms.